The van der Waals surface area contributed by atoms with Crippen molar-refractivity contribution in [3.63, 3.8) is 0 Å². The summed E-state index contributed by atoms with van der Waals surface area (Å²) in [5, 5.41) is 7.35. The van der Waals surface area contributed by atoms with Gasteiger partial charge in [-0.25, -0.2) is 0 Å². The molecule has 1 rings (SSSR count). The molecule has 5 N–H and O–H groups in total. The molecule has 0 aromatic heterocycles. The molecule has 5 nitrogen and oxygen atoms in total. The molecule has 100 valence electrons. The number of aliphatic hydroxyl groups is 1. The zero-order valence-corrected chi connectivity index (χ0v) is 11.3. The van der Waals surface area contributed by atoms with Gasteiger partial charge in [-0.1, -0.05) is 13.8 Å². The Morgan fingerprint density at radius 2 is 1.75 bits per heavy atom. The van der Waals surface area contributed by atoms with E-state index >= 15 is 0 Å². The summed E-state index contributed by atoms with van der Waals surface area (Å²) >= 11 is 0. The zero-order valence-electron chi connectivity index (χ0n) is 11.3. The van der Waals surface area contributed by atoms with Crippen molar-refractivity contribution in [2.24, 2.45) is 11.5 Å². The van der Waals surface area contributed by atoms with Crippen LogP contribution in [0.1, 0.15) is 33.6 Å². The van der Waals surface area contributed by atoms with Crippen molar-refractivity contribution in [2.45, 2.75) is 52.0 Å². The van der Waals surface area contributed by atoms with Gasteiger partial charge in [0.1, 0.15) is 6.23 Å². The number of hydrogen-bond acceptors (Lipinski definition) is 5. The Bertz CT molecular complexity index is 135. The lowest BCUT2D eigenvalue weighted by atomic mass is 10.0. The monoisotopic (exact) mass is 235 g/mol. The minimum atomic E-state index is -0.250. The molecule has 1 heterocycles. The third kappa shape index (κ3) is 9.06. The minimum Gasteiger partial charge on any atom is -0.382 e. The van der Waals surface area contributed by atoms with Crippen LogP contribution in [0.4, 0.5) is 0 Å². The fraction of sp³-hybridized carbons (Fsp3) is 1.00. The molecule has 5 heteroatoms. The summed E-state index contributed by atoms with van der Waals surface area (Å²) in [7, 11) is 4.19. The molecule has 1 aliphatic heterocycles. The quantitative estimate of drug-likeness (QED) is 0.570. The largest absolute Gasteiger partial charge is 0.382 e. The van der Waals surface area contributed by atoms with E-state index in [2.05, 4.69) is 31.7 Å². The second kappa shape index (κ2) is 11.3. The Balaban J connectivity index is 0. The number of aliphatic hydroxyl groups excluding tert-OH is 1. The molecule has 0 radical (unpaired) electrons. The smallest absolute Gasteiger partial charge is 0.107 e. The molecular weight excluding hydrogens is 206 g/mol. The molecule has 3 unspecified atom stereocenters. The normalized spacial score (nSPS) is 28.7. The van der Waals surface area contributed by atoms with Crippen LogP contribution in [0, 0.1) is 0 Å². The lowest BCUT2D eigenvalue weighted by molar-refractivity contribution is -0.0636. The van der Waals surface area contributed by atoms with E-state index in [1.807, 2.05) is 13.8 Å². The van der Waals surface area contributed by atoms with Gasteiger partial charge in [-0.15, -0.1) is 0 Å². The summed E-state index contributed by atoms with van der Waals surface area (Å²) in [5.41, 5.74) is 10.1. The summed E-state index contributed by atoms with van der Waals surface area (Å²) in [4.78, 5) is 2.22. The molecule has 1 fully saturated rings. The van der Waals surface area contributed by atoms with Crippen LogP contribution in [0.25, 0.3) is 0 Å². The Labute approximate surface area is 99.7 Å². The third-order valence-corrected chi connectivity index (χ3v) is 2.25. The van der Waals surface area contributed by atoms with E-state index in [0.29, 0.717) is 12.1 Å². The van der Waals surface area contributed by atoms with E-state index in [4.69, 9.17) is 15.6 Å². The lowest BCUT2D eigenvalue weighted by Crippen LogP contribution is -2.44. The predicted molar refractivity (Wildman–Crippen MR) is 67.9 cm³/mol. The van der Waals surface area contributed by atoms with Gasteiger partial charge >= 0.3 is 0 Å². The first-order valence-corrected chi connectivity index (χ1v) is 5.89. The highest BCUT2D eigenvalue weighted by atomic mass is 16.5. The molecule has 0 aliphatic carbocycles. The molecule has 0 saturated carbocycles. The maximum Gasteiger partial charge on any atom is 0.107 e. The highest BCUT2D eigenvalue weighted by Crippen LogP contribution is 2.19. The van der Waals surface area contributed by atoms with Gasteiger partial charge in [0, 0.05) is 12.5 Å². The average Bonchev–Trinajstić information content (AvgIpc) is 2.20. The lowest BCUT2D eigenvalue weighted by Gasteiger charge is -2.35. The van der Waals surface area contributed by atoms with E-state index in [9.17, 15) is 0 Å². The molecule has 3 atom stereocenters. The fourth-order valence-electron chi connectivity index (χ4n) is 1.58. The highest BCUT2D eigenvalue weighted by molar-refractivity contribution is 4.77. The van der Waals surface area contributed by atoms with Crippen molar-refractivity contribution in [3.05, 3.63) is 0 Å². The summed E-state index contributed by atoms with van der Waals surface area (Å²) < 4.78 is 5.42. The van der Waals surface area contributed by atoms with Crippen molar-refractivity contribution in [2.75, 3.05) is 20.8 Å². The van der Waals surface area contributed by atoms with Crippen molar-refractivity contribution in [1.29, 1.82) is 0 Å². The highest BCUT2D eigenvalue weighted by Gasteiger charge is 2.25. The molecule has 0 aromatic rings. The van der Waals surface area contributed by atoms with Gasteiger partial charge < -0.3 is 26.2 Å². The maximum absolute atomic E-state index is 7.35. The number of hydrogen-bond donors (Lipinski definition) is 3. The molecule has 16 heavy (non-hydrogen) atoms. The van der Waals surface area contributed by atoms with E-state index in [-0.39, 0.29) is 13.0 Å². The Kier molecular flexibility index (Phi) is 12.8. The first-order valence-electron chi connectivity index (χ1n) is 5.89. The third-order valence-electron chi connectivity index (χ3n) is 2.25. The van der Waals surface area contributed by atoms with E-state index in [1.165, 1.54) is 0 Å². The van der Waals surface area contributed by atoms with Crippen LogP contribution in [0.3, 0.4) is 0 Å². The summed E-state index contributed by atoms with van der Waals surface area (Å²) in [6.07, 6.45) is 2.30. The Hall–Kier alpha value is -0.200. The molecule has 1 aliphatic rings. The maximum atomic E-state index is 7.35. The minimum absolute atomic E-state index is 0.0638. The van der Waals surface area contributed by atoms with Gasteiger partial charge in [0.15, 0.2) is 0 Å². The SMILES string of the molecule is CC.CC1CC(N(C)C)CC(N)O1.NCO. The van der Waals surface area contributed by atoms with Crippen molar-refractivity contribution in [1.82, 2.24) is 4.90 Å². The van der Waals surface area contributed by atoms with Gasteiger partial charge in [0.2, 0.25) is 0 Å². The summed E-state index contributed by atoms with van der Waals surface area (Å²) in [6.45, 7) is 5.83. The van der Waals surface area contributed by atoms with Crippen LogP contribution in [0.2, 0.25) is 0 Å². The second-order valence-corrected chi connectivity index (χ2v) is 3.76. The van der Waals surface area contributed by atoms with E-state index < -0.39 is 0 Å². The zero-order chi connectivity index (χ0) is 13.1. The standard InChI is InChI=1S/C8H18N2O.C2H6.CH5NO/c1-6-4-7(10(2)3)5-8(9)11-6;1-2;2-1-3/h6-8H,4-5,9H2,1-3H3;1-2H3;3H,1-2H2. The van der Waals surface area contributed by atoms with Crippen LogP contribution < -0.4 is 11.5 Å². The topological polar surface area (TPSA) is 84.7 Å². The molecule has 0 aromatic carbocycles. The van der Waals surface area contributed by atoms with Crippen molar-refractivity contribution >= 4 is 0 Å². The first-order chi connectivity index (χ1) is 7.51. The number of rotatable bonds is 1. The number of nitrogens with two attached hydrogens (primary N) is 2. The number of nitrogens with zero attached hydrogens (tertiary/aromatic N) is 1. The van der Waals surface area contributed by atoms with Crippen LogP contribution in [0.5, 0.6) is 0 Å². The van der Waals surface area contributed by atoms with Crippen LogP contribution in [-0.2, 0) is 4.74 Å². The van der Waals surface area contributed by atoms with E-state index in [1.54, 1.807) is 0 Å². The van der Waals surface area contributed by atoms with Gasteiger partial charge in [-0.2, -0.15) is 0 Å². The van der Waals surface area contributed by atoms with Gasteiger partial charge in [0.05, 0.1) is 12.8 Å². The molecule has 0 bridgehead atoms. The molecule has 0 amide bonds. The fourth-order valence-corrected chi connectivity index (χ4v) is 1.58. The number of ether oxygens (including phenoxy) is 1. The Morgan fingerprint density at radius 1 is 1.31 bits per heavy atom. The van der Waals surface area contributed by atoms with Crippen LogP contribution >= 0.6 is 0 Å². The van der Waals surface area contributed by atoms with Crippen LogP contribution in [0.15, 0.2) is 0 Å². The van der Waals surface area contributed by atoms with Gasteiger partial charge in [0.25, 0.3) is 0 Å². The summed E-state index contributed by atoms with van der Waals surface area (Å²) in [6, 6.07) is 0.591. The van der Waals surface area contributed by atoms with Gasteiger partial charge in [-0.3, -0.25) is 0 Å². The van der Waals surface area contributed by atoms with E-state index in [0.717, 1.165) is 12.8 Å². The molecular formula is C11H29N3O2. The van der Waals surface area contributed by atoms with Crippen molar-refractivity contribution < 1.29 is 9.84 Å². The van der Waals surface area contributed by atoms with Crippen molar-refractivity contribution in [3.8, 4) is 0 Å². The predicted octanol–water partition coefficient (Wildman–Crippen LogP) is 0.321. The van der Waals surface area contributed by atoms with Gasteiger partial charge in [-0.05, 0) is 27.4 Å². The molecule has 1 saturated heterocycles. The summed E-state index contributed by atoms with van der Waals surface area (Å²) in [5.74, 6) is 0. The first kappa shape index (κ1) is 18.2. The second-order valence-electron chi connectivity index (χ2n) is 3.76. The average molecular weight is 235 g/mol. The Morgan fingerprint density at radius 3 is 2.06 bits per heavy atom. The van der Waals surface area contributed by atoms with Crippen LogP contribution in [-0.4, -0.2) is 49.2 Å². The molecule has 0 spiro atoms.